The number of benzene rings is 3. The minimum Gasteiger partial charge on any atom is -0.489 e. The maximum Gasteiger partial charge on any atom is 0.266 e. The number of aryl methyl sites for hydroxylation is 4. The second-order valence-electron chi connectivity index (χ2n) is 7.72. The van der Waals surface area contributed by atoms with Crippen LogP contribution in [-0.4, -0.2) is 5.91 Å². The quantitative estimate of drug-likeness (QED) is 0.398. The highest BCUT2D eigenvalue weighted by Crippen LogP contribution is 2.20. The minimum absolute atomic E-state index is 0.0460. The molecule has 0 heterocycles. The summed E-state index contributed by atoms with van der Waals surface area (Å²) in [5, 5.41) is 12.3. The van der Waals surface area contributed by atoms with Crippen LogP contribution in [0.1, 0.15) is 33.4 Å². The van der Waals surface area contributed by atoms with Crippen molar-refractivity contribution >= 4 is 17.7 Å². The van der Waals surface area contributed by atoms with Crippen LogP contribution in [0.25, 0.3) is 6.08 Å². The first-order valence-corrected chi connectivity index (χ1v) is 10.1. The van der Waals surface area contributed by atoms with E-state index < -0.39 is 5.91 Å². The lowest BCUT2D eigenvalue weighted by Gasteiger charge is -2.09. The van der Waals surface area contributed by atoms with E-state index >= 15 is 0 Å². The van der Waals surface area contributed by atoms with E-state index in [1.165, 1.54) is 11.1 Å². The molecule has 0 saturated heterocycles. The Morgan fingerprint density at radius 1 is 0.935 bits per heavy atom. The summed E-state index contributed by atoms with van der Waals surface area (Å²) in [7, 11) is 0. The number of nitrogens with one attached hydrogen (secondary N) is 1. The zero-order chi connectivity index (χ0) is 22.4. The highest BCUT2D eigenvalue weighted by atomic mass is 16.5. The second-order valence-corrected chi connectivity index (χ2v) is 7.72. The number of anilines is 1. The van der Waals surface area contributed by atoms with Crippen LogP contribution < -0.4 is 10.1 Å². The van der Waals surface area contributed by atoms with Crippen molar-refractivity contribution in [1.29, 1.82) is 5.26 Å². The smallest absolute Gasteiger partial charge is 0.266 e. The Morgan fingerprint density at radius 2 is 1.65 bits per heavy atom. The summed E-state index contributed by atoms with van der Waals surface area (Å²) >= 11 is 0. The number of amides is 1. The molecule has 3 aromatic carbocycles. The average molecular weight is 411 g/mol. The number of nitriles is 1. The van der Waals surface area contributed by atoms with Crippen LogP contribution >= 0.6 is 0 Å². The molecule has 3 rings (SSSR count). The lowest BCUT2D eigenvalue weighted by molar-refractivity contribution is -0.112. The summed E-state index contributed by atoms with van der Waals surface area (Å²) in [5.41, 5.74) is 7.11. The van der Waals surface area contributed by atoms with Crippen molar-refractivity contribution in [3.8, 4) is 11.8 Å². The molecule has 0 spiro atoms. The summed E-state index contributed by atoms with van der Waals surface area (Å²) in [4.78, 5) is 12.6. The first-order chi connectivity index (χ1) is 14.9. The van der Waals surface area contributed by atoms with Crippen molar-refractivity contribution < 1.29 is 9.53 Å². The van der Waals surface area contributed by atoms with E-state index in [-0.39, 0.29) is 5.57 Å². The summed E-state index contributed by atoms with van der Waals surface area (Å²) < 4.78 is 5.86. The van der Waals surface area contributed by atoms with E-state index in [2.05, 4.69) is 37.4 Å². The molecule has 0 radical (unpaired) electrons. The number of hydrogen-bond donors (Lipinski definition) is 1. The molecule has 0 unspecified atom stereocenters. The molecule has 0 saturated carbocycles. The second kappa shape index (κ2) is 9.77. The SMILES string of the molecule is Cc1ccc(C)c(NC(=O)/C(C#N)=C/c2ccc(OCc3ccc(C)c(C)c3)cc2)c1. The Bertz CT molecular complexity index is 1170. The molecule has 156 valence electrons. The molecule has 0 fully saturated rings. The van der Waals surface area contributed by atoms with Crippen molar-refractivity contribution in [1.82, 2.24) is 0 Å². The number of hydrogen-bond acceptors (Lipinski definition) is 3. The highest BCUT2D eigenvalue weighted by Gasteiger charge is 2.11. The summed E-state index contributed by atoms with van der Waals surface area (Å²) in [6.45, 7) is 8.53. The van der Waals surface area contributed by atoms with Crippen molar-refractivity contribution in [2.24, 2.45) is 0 Å². The van der Waals surface area contributed by atoms with Gasteiger partial charge < -0.3 is 10.1 Å². The molecule has 3 aromatic rings. The third-order valence-electron chi connectivity index (χ3n) is 5.17. The lowest BCUT2D eigenvalue weighted by Crippen LogP contribution is -2.14. The molecule has 31 heavy (non-hydrogen) atoms. The standard InChI is InChI=1S/C27H26N2O2/c1-18-5-6-20(3)26(13-18)29-27(30)24(16-28)15-22-9-11-25(12-10-22)31-17-23-8-7-19(2)21(4)14-23/h5-15H,17H2,1-4H3,(H,29,30)/b24-15+. The predicted octanol–water partition coefficient (Wildman–Crippen LogP) is 6.04. The molecule has 4 nitrogen and oxygen atoms in total. The highest BCUT2D eigenvalue weighted by molar-refractivity contribution is 6.10. The van der Waals surface area contributed by atoms with E-state index in [1.807, 2.05) is 62.4 Å². The maximum atomic E-state index is 12.6. The third kappa shape index (κ3) is 5.83. The van der Waals surface area contributed by atoms with Gasteiger partial charge in [0.25, 0.3) is 5.91 Å². The molecule has 0 aromatic heterocycles. The molecule has 1 amide bonds. The van der Waals surface area contributed by atoms with Crippen molar-refractivity contribution in [3.05, 3.63) is 99.6 Å². The number of nitrogens with zero attached hydrogens (tertiary/aromatic N) is 1. The Labute approximate surface area is 183 Å². The first-order valence-electron chi connectivity index (χ1n) is 10.1. The topological polar surface area (TPSA) is 62.1 Å². The Morgan fingerprint density at radius 3 is 2.32 bits per heavy atom. The van der Waals surface area contributed by atoms with E-state index in [4.69, 9.17) is 4.74 Å². The van der Waals surface area contributed by atoms with Gasteiger partial charge in [-0.05, 0) is 85.4 Å². The summed E-state index contributed by atoms with van der Waals surface area (Å²) in [6, 6.07) is 21.4. The predicted molar refractivity (Wildman–Crippen MR) is 125 cm³/mol. The van der Waals surface area contributed by atoms with Crippen LogP contribution in [-0.2, 0) is 11.4 Å². The van der Waals surface area contributed by atoms with Crippen LogP contribution in [0.2, 0.25) is 0 Å². The largest absolute Gasteiger partial charge is 0.489 e. The minimum atomic E-state index is -0.425. The van der Waals surface area contributed by atoms with Crippen LogP contribution in [0.4, 0.5) is 5.69 Å². The van der Waals surface area contributed by atoms with Gasteiger partial charge in [0.2, 0.25) is 0 Å². The van der Waals surface area contributed by atoms with Crippen LogP contribution in [0, 0.1) is 39.0 Å². The Balaban J connectivity index is 1.67. The molecule has 0 aliphatic carbocycles. The van der Waals surface area contributed by atoms with Gasteiger partial charge in [-0.2, -0.15) is 5.26 Å². The number of carbonyl (C=O) groups excluding carboxylic acids is 1. The Kier molecular flexibility index (Phi) is 6.89. The fraction of sp³-hybridized carbons (Fsp3) is 0.185. The van der Waals surface area contributed by atoms with Gasteiger partial charge in [-0.1, -0.05) is 42.5 Å². The summed E-state index contributed by atoms with van der Waals surface area (Å²) in [5.74, 6) is 0.306. The fourth-order valence-electron chi connectivity index (χ4n) is 3.10. The van der Waals surface area contributed by atoms with Gasteiger partial charge in [-0.3, -0.25) is 4.79 Å². The van der Waals surface area contributed by atoms with Gasteiger partial charge >= 0.3 is 0 Å². The molecule has 0 atom stereocenters. The van der Waals surface area contributed by atoms with Crippen molar-refractivity contribution in [2.75, 3.05) is 5.32 Å². The average Bonchev–Trinajstić information content (AvgIpc) is 2.76. The maximum absolute atomic E-state index is 12.6. The summed E-state index contributed by atoms with van der Waals surface area (Å²) in [6.07, 6.45) is 1.58. The van der Waals surface area contributed by atoms with Crippen LogP contribution in [0.3, 0.4) is 0 Å². The monoisotopic (exact) mass is 410 g/mol. The van der Waals surface area contributed by atoms with Crippen LogP contribution in [0.5, 0.6) is 5.75 Å². The molecular formula is C27H26N2O2. The zero-order valence-corrected chi connectivity index (χ0v) is 18.3. The van der Waals surface area contributed by atoms with Crippen molar-refractivity contribution in [2.45, 2.75) is 34.3 Å². The van der Waals surface area contributed by atoms with Crippen molar-refractivity contribution in [3.63, 3.8) is 0 Å². The molecule has 0 aliphatic rings. The molecule has 1 N–H and O–H groups in total. The normalized spacial score (nSPS) is 11.0. The number of carbonyl (C=O) groups is 1. The molecule has 0 aliphatic heterocycles. The number of rotatable bonds is 6. The fourth-order valence-corrected chi connectivity index (χ4v) is 3.10. The van der Waals surface area contributed by atoms with Gasteiger partial charge in [-0.15, -0.1) is 0 Å². The van der Waals surface area contributed by atoms with E-state index in [1.54, 1.807) is 6.08 Å². The van der Waals surface area contributed by atoms with E-state index in [0.717, 1.165) is 28.0 Å². The third-order valence-corrected chi connectivity index (χ3v) is 5.17. The van der Waals surface area contributed by atoms with Gasteiger partial charge in [0.05, 0.1) is 0 Å². The Hall–Kier alpha value is -3.84. The van der Waals surface area contributed by atoms with Gasteiger partial charge in [0.1, 0.15) is 24.0 Å². The first kappa shape index (κ1) is 21.9. The van der Waals surface area contributed by atoms with E-state index in [9.17, 15) is 10.1 Å². The van der Waals surface area contributed by atoms with Gasteiger partial charge in [0.15, 0.2) is 0 Å². The molecule has 0 bridgehead atoms. The molecular weight excluding hydrogens is 384 g/mol. The lowest BCUT2D eigenvalue weighted by atomic mass is 10.1. The van der Waals surface area contributed by atoms with Gasteiger partial charge in [0, 0.05) is 5.69 Å². The zero-order valence-electron chi connectivity index (χ0n) is 18.3. The van der Waals surface area contributed by atoms with E-state index in [0.29, 0.717) is 12.3 Å². The number of ether oxygens (including phenoxy) is 1. The van der Waals surface area contributed by atoms with Crippen LogP contribution in [0.15, 0.2) is 66.2 Å². The molecule has 4 heteroatoms. The van der Waals surface area contributed by atoms with Gasteiger partial charge in [-0.25, -0.2) is 0 Å².